The van der Waals surface area contributed by atoms with Crippen molar-refractivity contribution < 1.29 is 0 Å². The molecule has 1 aromatic carbocycles. The van der Waals surface area contributed by atoms with Gasteiger partial charge in [-0.05, 0) is 18.6 Å². The summed E-state index contributed by atoms with van der Waals surface area (Å²) >= 11 is 6.15. The standard InChI is InChI=1S/C13H9ClN2/c1-3-9-4-5-10-12(6-9)16-8(2)11(7-15)13(10)14/h3-6H,1H2,2H3. The molecular weight excluding hydrogens is 220 g/mol. The lowest BCUT2D eigenvalue weighted by Gasteiger charge is -2.05. The van der Waals surface area contributed by atoms with E-state index < -0.39 is 0 Å². The Kier molecular flexibility index (Phi) is 2.64. The molecule has 2 nitrogen and oxygen atoms in total. The first kappa shape index (κ1) is 10.7. The lowest BCUT2D eigenvalue weighted by molar-refractivity contribution is 1.23. The van der Waals surface area contributed by atoms with Crippen LogP contribution in [0.15, 0.2) is 24.8 Å². The third-order valence-electron chi connectivity index (χ3n) is 2.48. The number of hydrogen-bond acceptors (Lipinski definition) is 2. The molecule has 0 saturated carbocycles. The number of nitriles is 1. The maximum atomic E-state index is 8.97. The molecule has 0 bridgehead atoms. The number of rotatable bonds is 1. The third-order valence-corrected chi connectivity index (χ3v) is 2.87. The minimum absolute atomic E-state index is 0.445. The van der Waals surface area contributed by atoms with Gasteiger partial charge in [0, 0.05) is 5.39 Å². The zero-order valence-corrected chi connectivity index (χ0v) is 9.54. The Labute approximate surface area is 98.8 Å². The maximum Gasteiger partial charge on any atom is 0.103 e. The minimum atomic E-state index is 0.445. The van der Waals surface area contributed by atoms with Crippen molar-refractivity contribution in [3.63, 3.8) is 0 Å². The zero-order valence-electron chi connectivity index (χ0n) is 8.79. The fourth-order valence-electron chi connectivity index (χ4n) is 1.61. The van der Waals surface area contributed by atoms with Gasteiger partial charge in [-0.25, -0.2) is 0 Å². The van der Waals surface area contributed by atoms with E-state index in [1.54, 1.807) is 13.0 Å². The topological polar surface area (TPSA) is 36.7 Å². The number of pyridine rings is 1. The number of nitrogens with zero attached hydrogens (tertiary/aromatic N) is 2. The predicted molar refractivity (Wildman–Crippen MR) is 66.3 cm³/mol. The molecule has 2 aromatic rings. The number of fused-ring (bicyclic) bond motifs is 1. The van der Waals surface area contributed by atoms with Gasteiger partial charge in [-0.3, -0.25) is 4.98 Å². The molecule has 1 aromatic heterocycles. The van der Waals surface area contributed by atoms with Crippen LogP contribution in [0.1, 0.15) is 16.8 Å². The SMILES string of the molecule is C=Cc1ccc2c(Cl)c(C#N)c(C)nc2c1. The van der Waals surface area contributed by atoms with Crippen molar-refractivity contribution in [3.8, 4) is 6.07 Å². The Morgan fingerprint density at radius 1 is 1.50 bits per heavy atom. The fraction of sp³-hybridized carbons (Fsp3) is 0.0769. The van der Waals surface area contributed by atoms with Gasteiger partial charge in [0.15, 0.2) is 0 Å². The van der Waals surface area contributed by atoms with Crippen molar-refractivity contribution >= 4 is 28.6 Å². The van der Waals surface area contributed by atoms with Crippen LogP contribution in [0.4, 0.5) is 0 Å². The molecule has 78 valence electrons. The zero-order chi connectivity index (χ0) is 11.7. The predicted octanol–water partition coefficient (Wildman–Crippen LogP) is 3.71. The van der Waals surface area contributed by atoms with Crippen LogP contribution in [-0.4, -0.2) is 4.98 Å². The van der Waals surface area contributed by atoms with Crippen molar-refractivity contribution in [2.45, 2.75) is 6.92 Å². The fourth-order valence-corrected chi connectivity index (χ4v) is 1.95. The van der Waals surface area contributed by atoms with Crippen LogP contribution in [0.5, 0.6) is 0 Å². The van der Waals surface area contributed by atoms with Gasteiger partial charge in [-0.15, -0.1) is 0 Å². The summed E-state index contributed by atoms with van der Waals surface area (Å²) in [5.41, 5.74) is 2.88. The largest absolute Gasteiger partial charge is 0.252 e. The smallest absolute Gasteiger partial charge is 0.103 e. The Morgan fingerprint density at radius 3 is 2.88 bits per heavy atom. The molecule has 1 heterocycles. The second kappa shape index (κ2) is 3.96. The Hall–Kier alpha value is -1.85. The number of benzene rings is 1. The minimum Gasteiger partial charge on any atom is -0.252 e. The highest BCUT2D eigenvalue weighted by Gasteiger charge is 2.10. The Balaban J connectivity index is 2.88. The van der Waals surface area contributed by atoms with Gasteiger partial charge in [0.2, 0.25) is 0 Å². The molecule has 0 atom stereocenters. The summed E-state index contributed by atoms with van der Waals surface area (Å²) in [6.45, 7) is 5.49. The van der Waals surface area contributed by atoms with E-state index >= 15 is 0 Å². The summed E-state index contributed by atoms with van der Waals surface area (Å²) in [7, 11) is 0. The van der Waals surface area contributed by atoms with E-state index in [4.69, 9.17) is 16.9 Å². The monoisotopic (exact) mass is 228 g/mol. The molecule has 2 rings (SSSR count). The number of aryl methyl sites for hydroxylation is 1. The van der Waals surface area contributed by atoms with E-state index in [1.165, 1.54) is 0 Å². The van der Waals surface area contributed by atoms with Crippen LogP contribution >= 0.6 is 11.6 Å². The molecule has 16 heavy (non-hydrogen) atoms. The first-order valence-corrected chi connectivity index (χ1v) is 5.17. The second-order valence-corrected chi connectivity index (χ2v) is 3.86. The summed E-state index contributed by atoms with van der Waals surface area (Å²) in [4.78, 5) is 4.36. The van der Waals surface area contributed by atoms with Gasteiger partial charge in [0.25, 0.3) is 0 Å². The molecule has 0 saturated heterocycles. The number of hydrogen-bond donors (Lipinski definition) is 0. The first-order valence-electron chi connectivity index (χ1n) is 4.79. The van der Waals surface area contributed by atoms with Crippen LogP contribution in [-0.2, 0) is 0 Å². The first-order chi connectivity index (χ1) is 7.67. The van der Waals surface area contributed by atoms with Gasteiger partial charge < -0.3 is 0 Å². The molecule has 0 amide bonds. The van der Waals surface area contributed by atoms with Crippen LogP contribution < -0.4 is 0 Å². The van der Waals surface area contributed by atoms with Crippen molar-refractivity contribution in [3.05, 3.63) is 46.6 Å². The molecular formula is C13H9ClN2. The molecule has 0 N–H and O–H groups in total. The van der Waals surface area contributed by atoms with Crippen molar-refractivity contribution in [2.24, 2.45) is 0 Å². The second-order valence-electron chi connectivity index (χ2n) is 3.48. The molecule has 0 aliphatic rings. The van der Waals surface area contributed by atoms with Crippen LogP contribution in [0.25, 0.3) is 17.0 Å². The van der Waals surface area contributed by atoms with Crippen LogP contribution in [0.2, 0.25) is 5.02 Å². The summed E-state index contributed by atoms with van der Waals surface area (Å²) in [5, 5.41) is 10.2. The lowest BCUT2D eigenvalue weighted by atomic mass is 10.1. The lowest BCUT2D eigenvalue weighted by Crippen LogP contribution is -1.92. The van der Waals surface area contributed by atoms with Crippen molar-refractivity contribution in [1.82, 2.24) is 4.98 Å². The van der Waals surface area contributed by atoms with Gasteiger partial charge >= 0.3 is 0 Å². The quantitative estimate of drug-likeness (QED) is 0.746. The average Bonchev–Trinajstić information content (AvgIpc) is 2.28. The van der Waals surface area contributed by atoms with Gasteiger partial charge in [0.1, 0.15) is 6.07 Å². The van der Waals surface area contributed by atoms with E-state index in [0.29, 0.717) is 16.3 Å². The molecule has 0 radical (unpaired) electrons. The molecule has 0 aliphatic carbocycles. The summed E-state index contributed by atoms with van der Waals surface area (Å²) < 4.78 is 0. The Bertz CT molecular complexity index is 624. The number of aromatic nitrogens is 1. The highest BCUT2D eigenvalue weighted by Crippen LogP contribution is 2.28. The van der Waals surface area contributed by atoms with Gasteiger partial charge in [-0.2, -0.15) is 5.26 Å². The third kappa shape index (κ3) is 1.56. The van der Waals surface area contributed by atoms with E-state index in [0.717, 1.165) is 16.5 Å². The molecule has 0 unspecified atom stereocenters. The highest BCUT2D eigenvalue weighted by atomic mass is 35.5. The molecule has 0 aliphatic heterocycles. The Morgan fingerprint density at radius 2 is 2.25 bits per heavy atom. The van der Waals surface area contributed by atoms with Crippen molar-refractivity contribution in [2.75, 3.05) is 0 Å². The van der Waals surface area contributed by atoms with E-state index in [1.807, 2.05) is 18.2 Å². The van der Waals surface area contributed by atoms with Gasteiger partial charge in [-0.1, -0.05) is 36.4 Å². The average molecular weight is 229 g/mol. The van der Waals surface area contributed by atoms with Crippen LogP contribution in [0, 0.1) is 18.3 Å². The maximum absolute atomic E-state index is 8.97. The highest BCUT2D eigenvalue weighted by molar-refractivity contribution is 6.36. The van der Waals surface area contributed by atoms with E-state index in [9.17, 15) is 0 Å². The van der Waals surface area contributed by atoms with Crippen molar-refractivity contribution in [1.29, 1.82) is 5.26 Å². The molecule has 0 fully saturated rings. The normalized spacial score (nSPS) is 10.1. The van der Waals surface area contributed by atoms with E-state index in [2.05, 4.69) is 17.6 Å². The van der Waals surface area contributed by atoms with E-state index in [-0.39, 0.29) is 0 Å². The number of halogens is 1. The molecule has 3 heteroatoms. The molecule has 0 spiro atoms. The van der Waals surface area contributed by atoms with Crippen LogP contribution in [0.3, 0.4) is 0 Å². The van der Waals surface area contributed by atoms with Gasteiger partial charge in [0.05, 0.1) is 21.8 Å². The summed E-state index contributed by atoms with van der Waals surface area (Å²) in [6.07, 6.45) is 1.75. The summed E-state index contributed by atoms with van der Waals surface area (Å²) in [5.74, 6) is 0. The summed E-state index contributed by atoms with van der Waals surface area (Å²) in [6, 6.07) is 7.74.